The lowest BCUT2D eigenvalue weighted by molar-refractivity contribution is -0.00700. The first-order valence-corrected chi connectivity index (χ1v) is 6.08. The van der Waals surface area contributed by atoms with Crippen LogP contribution in [-0.4, -0.2) is 5.11 Å². The molecule has 2 fully saturated rings. The molecule has 15 heavy (non-hydrogen) atoms. The van der Waals surface area contributed by atoms with E-state index in [0.717, 1.165) is 17.9 Å². The minimum atomic E-state index is -0.511. The van der Waals surface area contributed by atoms with E-state index in [2.05, 4.69) is 12.1 Å². The molecule has 0 spiro atoms. The Hall–Kier alpha value is -0.820. The van der Waals surface area contributed by atoms with Crippen molar-refractivity contribution in [3.8, 4) is 0 Å². The molecule has 2 saturated carbocycles. The van der Waals surface area contributed by atoms with Gasteiger partial charge < -0.3 is 5.11 Å². The normalized spacial score (nSPS) is 39.3. The second-order valence-corrected chi connectivity index (χ2v) is 5.13. The Morgan fingerprint density at radius 3 is 2.67 bits per heavy atom. The molecular weight excluding hydrogens is 184 g/mol. The maximum Gasteiger partial charge on any atom is 0.0927 e. The maximum absolute atomic E-state index is 10.8. The molecule has 0 bridgehead atoms. The molecule has 0 aromatic heterocycles. The summed E-state index contributed by atoms with van der Waals surface area (Å²) in [5.41, 5.74) is 0.627. The van der Waals surface area contributed by atoms with Gasteiger partial charge in [-0.05, 0) is 36.7 Å². The first kappa shape index (κ1) is 9.41. The lowest BCUT2D eigenvalue weighted by Crippen LogP contribution is -2.30. The fourth-order valence-electron chi connectivity index (χ4n) is 3.69. The molecule has 3 atom stereocenters. The van der Waals surface area contributed by atoms with E-state index in [0.29, 0.717) is 5.92 Å². The van der Waals surface area contributed by atoms with E-state index in [-0.39, 0.29) is 0 Å². The molecule has 1 aromatic rings. The summed E-state index contributed by atoms with van der Waals surface area (Å²) in [4.78, 5) is 0. The molecule has 2 aliphatic carbocycles. The van der Waals surface area contributed by atoms with Gasteiger partial charge in [0.2, 0.25) is 0 Å². The van der Waals surface area contributed by atoms with Crippen LogP contribution in [0.5, 0.6) is 0 Å². The molecule has 0 heterocycles. The summed E-state index contributed by atoms with van der Waals surface area (Å²) in [6.45, 7) is 0. The van der Waals surface area contributed by atoms with Gasteiger partial charge in [-0.1, -0.05) is 43.2 Å². The lowest BCUT2D eigenvalue weighted by Gasteiger charge is -2.30. The first-order chi connectivity index (χ1) is 7.31. The van der Waals surface area contributed by atoms with Gasteiger partial charge in [0, 0.05) is 0 Å². The van der Waals surface area contributed by atoms with E-state index < -0.39 is 5.60 Å². The molecule has 3 rings (SSSR count). The molecule has 1 nitrogen and oxygen atoms in total. The van der Waals surface area contributed by atoms with Crippen LogP contribution < -0.4 is 0 Å². The predicted molar refractivity (Wildman–Crippen MR) is 60.4 cm³/mol. The van der Waals surface area contributed by atoms with Crippen molar-refractivity contribution >= 4 is 0 Å². The molecule has 0 aliphatic heterocycles. The van der Waals surface area contributed by atoms with Crippen LogP contribution >= 0.6 is 0 Å². The third-order valence-corrected chi connectivity index (χ3v) is 4.44. The van der Waals surface area contributed by atoms with Crippen molar-refractivity contribution in [1.82, 2.24) is 0 Å². The van der Waals surface area contributed by atoms with Crippen molar-refractivity contribution in [3.63, 3.8) is 0 Å². The summed E-state index contributed by atoms with van der Waals surface area (Å²) >= 11 is 0. The Bertz CT molecular complexity index is 346. The molecule has 0 radical (unpaired) electrons. The number of hydrogen-bond acceptors (Lipinski definition) is 1. The Morgan fingerprint density at radius 1 is 1.07 bits per heavy atom. The summed E-state index contributed by atoms with van der Waals surface area (Å²) in [5.74, 6) is 1.31. The largest absolute Gasteiger partial charge is 0.385 e. The average molecular weight is 202 g/mol. The minimum Gasteiger partial charge on any atom is -0.385 e. The van der Waals surface area contributed by atoms with E-state index in [1.807, 2.05) is 18.2 Å². The number of aliphatic hydroxyl groups is 1. The van der Waals surface area contributed by atoms with E-state index in [9.17, 15) is 5.11 Å². The Morgan fingerprint density at radius 2 is 1.87 bits per heavy atom. The van der Waals surface area contributed by atoms with E-state index in [1.54, 1.807) is 0 Å². The van der Waals surface area contributed by atoms with Gasteiger partial charge in [-0.3, -0.25) is 0 Å². The standard InChI is InChI=1S/C14H18O/c15-14(12-6-2-1-3-7-12)10-9-11-5-4-8-13(11)14/h1-3,6-7,11,13,15H,4-5,8-10H2/t11-,13-,14-/m0/s1. The van der Waals surface area contributed by atoms with Crippen LogP contribution in [0.15, 0.2) is 30.3 Å². The van der Waals surface area contributed by atoms with E-state index >= 15 is 0 Å². The molecule has 1 heteroatoms. The van der Waals surface area contributed by atoms with Crippen molar-refractivity contribution in [2.75, 3.05) is 0 Å². The van der Waals surface area contributed by atoms with Gasteiger partial charge in [0.1, 0.15) is 0 Å². The molecular formula is C14H18O. The molecule has 0 saturated heterocycles. The minimum absolute atomic E-state index is 0.511. The maximum atomic E-state index is 10.8. The van der Waals surface area contributed by atoms with Gasteiger partial charge >= 0.3 is 0 Å². The highest BCUT2D eigenvalue weighted by molar-refractivity contribution is 5.25. The number of fused-ring (bicyclic) bond motifs is 1. The van der Waals surface area contributed by atoms with E-state index in [1.165, 1.54) is 25.7 Å². The van der Waals surface area contributed by atoms with Crippen LogP contribution in [0.25, 0.3) is 0 Å². The molecule has 1 aromatic carbocycles. The number of rotatable bonds is 1. The van der Waals surface area contributed by atoms with E-state index in [4.69, 9.17) is 0 Å². The van der Waals surface area contributed by atoms with Crippen LogP contribution in [0, 0.1) is 11.8 Å². The molecule has 0 amide bonds. The molecule has 0 unspecified atom stereocenters. The SMILES string of the molecule is O[C@]1(c2ccccc2)CC[C@@H]2CCC[C@@H]21. The summed E-state index contributed by atoms with van der Waals surface area (Å²) in [5, 5.41) is 10.8. The fraction of sp³-hybridized carbons (Fsp3) is 0.571. The number of hydrogen-bond donors (Lipinski definition) is 1. The highest BCUT2D eigenvalue weighted by Gasteiger charge is 2.49. The number of benzene rings is 1. The van der Waals surface area contributed by atoms with Gasteiger partial charge in [-0.15, -0.1) is 0 Å². The zero-order valence-electron chi connectivity index (χ0n) is 9.02. The molecule has 1 N–H and O–H groups in total. The van der Waals surface area contributed by atoms with Crippen LogP contribution in [-0.2, 0) is 5.60 Å². The molecule has 80 valence electrons. The van der Waals surface area contributed by atoms with Gasteiger partial charge in [0.05, 0.1) is 5.60 Å². The second-order valence-electron chi connectivity index (χ2n) is 5.13. The smallest absolute Gasteiger partial charge is 0.0927 e. The first-order valence-electron chi connectivity index (χ1n) is 6.08. The predicted octanol–water partition coefficient (Wildman–Crippen LogP) is 3.08. The second kappa shape index (κ2) is 3.34. The van der Waals surface area contributed by atoms with Crippen LogP contribution in [0.4, 0.5) is 0 Å². The van der Waals surface area contributed by atoms with Crippen molar-refractivity contribution in [1.29, 1.82) is 0 Å². The Balaban J connectivity index is 1.97. The van der Waals surface area contributed by atoms with Gasteiger partial charge in [0.25, 0.3) is 0 Å². The average Bonchev–Trinajstić information content (AvgIpc) is 2.85. The zero-order chi connectivity index (χ0) is 10.3. The summed E-state index contributed by atoms with van der Waals surface area (Å²) in [6.07, 6.45) is 6.04. The Labute approximate surface area is 91.1 Å². The zero-order valence-corrected chi connectivity index (χ0v) is 9.02. The van der Waals surface area contributed by atoms with Crippen molar-refractivity contribution in [3.05, 3.63) is 35.9 Å². The third-order valence-electron chi connectivity index (χ3n) is 4.44. The van der Waals surface area contributed by atoms with Crippen molar-refractivity contribution in [2.24, 2.45) is 11.8 Å². The van der Waals surface area contributed by atoms with Gasteiger partial charge in [-0.2, -0.15) is 0 Å². The molecule has 2 aliphatic rings. The summed E-state index contributed by atoms with van der Waals surface area (Å²) < 4.78 is 0. The van der Waals surface area contributed by atoms with Crippen LogP contribution in [0.2, 0.25) is 0 Å². The highest BCUT2D eigenvalue weighted by Crippen LogP contribution is 2.54. The Kier molecular flexibility index (Phi) is 2.10. The van der Waals surface area contributed by atoms with Crippen molar-refractivity contribution < 1.29 is 5.11 Å². The fourth-order valence-corrected chi connectivity index (χ4v) is 3.69. The van der Waals surface area contributed by atoms with Gasteiger partial charge in [0.15, 0.2) is 0 Å². The highest BCUT2D eigenvalue weighted by atomic mass is 16.3. The van der Waals surface area contributed by atoms with Crippen molar-refractivity contribution in [2.45, 2.75) is 37.7 Å². The lowest BCUT2D eigenvalue weighted by atomic mass is 9.82. The summed E-state index contributed by atoms with van der Waals surface area (Å²) in [6, 6.07) is 10.3. The summed E-state index contributed by atoms with van der Waals surface area (Å²) in [7, 11) is 0. The quantitative estimate of drug-likeness (QED) is 0.742. The van der Waals surface area contributed by atoms with Crippen LogP contribution in [0.3, 0.4) is 0 Å². The third kappa shape index (κ3) is 1.33. The van der Waals surface area contributed by atoms with Crippen LogP contribution in [0.1, 0.15) is 37.7 Å². The topological polar surface area (TPSA) is 20.2 Å². The van der Waals surface area contributed by atoms with Gasteiger partial charge in [-0.25, -0.2) is 0 Å². The monoisotopic (exact) mass is 202 g/mol.